The van der Waals surface area contributed by atoms with Crippen molar-refractivity contribution in [2.45, 2.75) is 32.4 Å². The van der Waals surface area contributed by atoms with Crippen molar-refractivity contribution in [1.29, 1.82) is 0 Å². The second-order valence-electron chi connectivity index (χ2n) is 11.3. The molecule has 2 aromatic carbocycles. The predicted octanol–water partition coefficient (Wildman–Crippen LogP) is 6.97. The Labute approximate surface area is 257 Å². The summed E-state index contributed by atoms with van der Waals surface area (Å²) in [6.45, 7) is 6.58. The van der Waals surface area contributed by atoms with E-state index in [0.29, 0.717) is 27.5 Å². The van der Waals surface area contributed by atoms with Gasteiger partial charge in [0.1, 0.15) is 6.04 Å². The zero-order valence-electron chi connectivity index (χ0n) is 23.9. The lowest BCUT2D eigenvalue weighted by Crippen LogP contribution is -2.38. The fourth-order valence-corrected chi connectivity index (χ4v) is 7.16. The summed E-state index contributed by atoms with van der Waals surface area (Å²) < 4.78 is 7.13. The molecule has 0 aliphatic carbocycles. The number of aromatic nitrogens is 2. The number of para-hydroxylation sites is 1. The average Bonchev–Trinajstić information content (AvgIpc) is 3.60. The van der Waals surface area contributed by atoms with E-state index < -0.39 is 5.97 Å². The normalized spacial score (nSPS) is 22.2. The van der Waals surface area contributed by atoms with Crippen LogP contribution in [0.25, 0.3) is 5.69 Å². The Morgan fingerprint density at radius 3 is 2.48 bits per heavy atom. The third-order valence-electron chi connectivity index (χ3n) is 8.17. The fraction of sp³-hybridized carbons (Fsp3) is 0.303. The molecular formula is C33H34ClN5O2S. The molecule has 2 aliphatic heterocycles. The molecule has 4 aromatic rings. The largest absolute Gasteiger partial charge is 0.465 e. The number of nitrogens with one attached hydrogen (secondary N) is 1. The lowest BCUT2D eigenvalue weighted by atomic mass is 9.91. The van der Waals surface area contributed by atoms with Gasteiger partial charge in [0.25, 0.3) is 0 Å². The highest BCUT2D eigenvalue weighted by Gasteiger charge is 2.42. The molecule has 6 rings (SSSR count). The highest BCUT2D eigenvalue weighted by Crippen LogP contribution is 2.44. The molecule has 0 radical (unpaired) electrons. The molecule has 1 N–H and O–H groups in total. The van der Waals surface area contributed by atoms with Crippen molar-refractivity contribution in [2.24, 2.45) is 11.8 Å². The molecular weight excluding hydrogens is 566 g/mol. The van der Waals surface area contributed by atoms with Crippen LogP contribution in [0.5, 0.6) is 0 Å². The van der Waals surface area contributed by atoms with Crippen LogP contribution in [0, 0.1) is 11.8 Å². The number of methoxy groups -OCH3 is 1. The van der Waals surface area contributed by atoms with Crippen molar-refractivity contribution in [3.63, 3.8) is 0 Å². The van der Waals surface area contributed by atoms with Crippen LogP contribution >= 0.6 is 23.8 Å². The zero-order valence-corrected chi connectivity index (χ0v) is 25.5. The number of carbonyl (C=O) groups is 1. The first kappa shape index (κ1) is 28.2. The molecule has 0 spiro atoms. The first-order valence-electron chi connectivity index (χ1n) is 14.3. The van der Waals surface area contributed by atoms with Gasteiger partial charge in [-0.3, -0.25) is 4.98 Å². The monoisotopic (exact) mass is 599 g/mol. The van der Waals surface area contributed by atoms with E-state index in [-0.39, 0.29) is 12.1 Å². The number of benzene rings is 2. The van der Waals surface area contributed by atoms with Gasteiger partial charge in [-0.05, 0) is 85.1 Å². The SMILES string of the molecule is COC(=O)c1ccccc1-n1cccc1[C@@H]1[C@@H](c2ccccn2)NC(=S)N1c1ccc(N2C[C@H](C)C[C@H](C)C2)c(Cl)c1. The Balaban J connectivity index is 1.45. The van der Waals surface area contributed by atoms with E-state index in [9.17, 15) is 4.79 Å². The van der Waals surface area contributed by atoms with Gasteiger partial charge in [0.15, 0.2) is 5.11 Å². The van der Waals surface area contributed by atoms with E-state index in [1.807, 2.05) is 59.3 Å². The summed E-state index contributed by atoms with van der Waals surface area (Å²) in [5.74, 6) is 0.834. The number of halogens is 1. The molecule has 2 aromatic heterocycles. The van der Waals surface area contributed by atoms with Crippen molar-refractivity contribution in [1.82, 2.24) is 14.9 Å². The maximum atomic E-state index is 12.7. The summed E-state index contributed by atoms with van der Waals surface area (Å²) in [6.07, 6.45) is 4.98. The summed E-state index contributed by atoms with van der Waals surface area (Å²) in [5, 5.41) is 4.80. The van der Waals surface area contributed by atoms with E-state index in [1.165, 1.54) is 13.5 Å². The molecule has 4 atom stereocenters. The number of esters is 1. The second-order valence-corrected chi connectivity index (χ2v) is 12.1. The van der Waals surface area contributed by atoms with Crippen LogP contribution in [0.1, 0.15) is 54.1 Å². The topological polar surface area (TPSA) is 62.6 Å². The number of pyridine rings is 1. The number of piperidine rings is 1. The summed E-state index contributed by atoms with van der Waals surface area (Å²) >= 11 is 13.0. The first-order chi connectivity index (χ1) is 20.4. The smallest absolute Gasteiger partial charge is 0.339 e. The maximum Gasteiger partial charge on any atom is 0.339 e. The molecule has 0 saturated carbocycles. The van der Waals surface area contributed by atoms with Crippen molar-refractivity contribution >= 4 is 46.3 Å². The molecule has 216 valence electrons. The van der Waals surface area contributed by atoms with Crippen LogP contribution in [0.2, 0.25) is 5.02 Å². The molecule has 42 heavy (non-hydrogen) atoms. The number of hydrogen-bond donors (Lipinski definition) is 1. The molecule has 2 aliphatic rings. The Bertz CT molecular complexity index is 1600. The minimum Gasteiger partial charge on any atom is -0.465 e. The highest BCUT2D eigenvalue weighted by molar-refractivity contribution is 7.80. The van der Waals surface area contributed by atoms with Crippen molar-refractivity contribution in [3.05, 3.63) is 107 Å². The van der Waals surface area contributed by atoms with Crippen LogP contribution in [-0.2, 0) is 4.74 Å². The van der Waals surface area contributed by atoms with Gasteiger partial charge in [-0.2, -0.15) is 0 Å². The number of anilines is 2. The van der Waals surface area contributed by atoms with Crippen LogP contribution in [0.15, 0.2) is 85.2 Å². The molecule has 0 amide bonds. The number of rotatable bonds is 6. The van der Waals surface area contributed by atoms with E-state index in [4.69, 9.17) is 28.6 Å². The third-order valence-corrected chi connectivity index (χ3v) is 8.79. The summed E-state index contributed by atoms with van der Waals surface area (Å²) in [5.41, 5.74) is 4.93. The number of ether oxygens (including phenoxy) is 1. The quantitative estimate of drug-likeness (QED) is 0.190. The second kappa shape index (κ2) is 11.8. The van der Waals surface area contributed by atoms with Crippen LogP contribution in [0.3, 0.4) is 0 Å². The van der Waals surface area contributed by atoms with Gasteiger partial charge in [-0.15, -0.1) is 0 Å². The van der Waals surface area contributed by atoms with E-state index >= 15 is 0 Å². The molecule has 2 fully saturated rings. The van der Waals surface area contributed by atoms with Crippen molar-refractivity contribution in [2.75, 3.05) is 30.0 Å². The molecule has 4 heterocycles. The minimum absolute atomic E-state index is 0.250. The Morgan fingerprint density at radius 1 is 1.00 bits per heavy atom. The maximum absolute atomic E-state index is 12.7. The number of hydrogen-bond acceptors (Lipinski definition) is 5. The standard InChI is InChI=1S/C33H34ClN5O2S/c1-21-17-22(2)20-37(19-21)28-14-13-23(18-25(28)34)39-31(30(36-33(39)42)26-10-6-7-15-35-26)29-12-8-16-38(29)27-11-5-4-9-24(27)32(40)41-3/h4-16,18,21-22,30-31H,17,19-20H2,1-3H3,(H,36,42)/t21-,22+,30-,31-/m1/s1. The zero-order chi connectivity index (χ0) is 29.4. The first-order valence-corrected chi connectivity index (χ1v) is 15.0. The lowest BCUT2D eigenvalue weighted by molar-refractivity contribution is 0.0600. The van der Waals surface area contributed by atoms with Crippen LogP contribution in [0.4, 0.5) is 11.4 Å². The summed E-state index contributed by atoms with van der Waals surface area (Å²) in [7, 11) is 1.40. The number of nitrogens with zero attached hydrogens (tertiary/aromatic N) is 4. The summed E-state index contributed by atoms with van der Waals surface area (Å²) in [6, 6.07) is 23.1. The predicted molar refractivity (Wildman–Crippen MR) is 172 cm³/mol. The van der Waals surface area contributed by atoms with Gasteiger partial charge in [0, 0.05) is 36.9 Å². The van der Waals surface area contributed by atoms with Gasteiger partial charge < -0.3 is 24.4 Å². The van der Waals surface area contributed by atoms with E-state index in [1.54, 1.807) is 12.3 Å². The fourth-order valence-electron chi connectivity index (χ4n) is 6.52. The summed E-state index contributed by atoms with van der Waals surface area (Å²) in [4.78, 5) is 21.9. The van der Waals surface area contributed by atoms with Crippen molar-refractivity contribution < 1.29 is 9.53 Å². The molecule has 0 bridgehead atoms. The van der Waals surface area contributed by atoms with E-state index in [2.05, 4.69) is 52.1 Å². The van der Waals surface area contributed by atoms with Gasteiger partial charge in [-0.1, -0.05) is 43.6 Å². The van der Waals surface area contributed by atoms with Gasteiger partial charge >= 0.3 is 5.97 Å². The van der Waals surface area contributed by atoms with Crippen LogP contribution in [-0.4, -0.2) is 40.8 Å². The Kier molecular flexibility index (Phi) is 7.92. The van der Waals surface area contributed by atoms with Crippen molar-refractivity contribution in [3.8, 4) is 5.69 Å². The minimum atomic E-state index is -0.396. The molecule has 0 unspecified atom stereocenters. The van der Waals surface area contributed by atoms with E-state index in [0.717, 1.165) is 41.5 Å². The van der Waals surface area contributed by atoms with Gasteiger partial charge in [0.05, 0.1) is 40.8 Å². The Hall–Kier alpha value is -3.88. The molecule has 2 saturated heterocycles. The highest BCUT2D eigenvalue weighted by atomic mass is 35.5. The molecule has 7 nitrogen and oxygen atoms in total. The third kappa shape index (κ3) is 5.25. The lowest BCUT2D eigenvalue weighted by Gasteiger charge is -2.37. The average molecular weight is 600 g/mol. The van der Waals surface area contributed by atoms with Gasteiger partial charge in [0.2, 0.25) is 0 Å². The van der Waals surface area contributed by atoms with Crippen LogP contribution < -0.4 is 15.1 Å². The number of thiocarbonyl (C=S) groups is 1. The van der Waals surface area contributed by atoms with Gasteiger partial charge in [-0.25, -0.2) is 4.79 Å². The Morgan fingerprint density at radius 2 is 1.76 bits per heavy atom. The number of carbonyl (C=O) groups excluding carboxylic acids is 1. The molecule has 9 heteroatoms.